The number of carbonyl (C=O) groups is 3. The van der Waals surface area contributed by atoms with Crippen molar-refractivity contribution in [3.8, 4) is 11.5 Å². The number of hydrogen-bond acceptors (Lipinski definition) is 8. The predicted molar refractivity (Wildman–Crippen MR) is 103 cm³/mol. The third kappa shape index (κ3) is 3.97. The molecule has 0 atom stereocenters. The van der Waals surface area contributed by atoms with Gasteiger partial charge in [-0.05, 0) is 12.1 Å². The molecule has 0 unspecified atom stereocenters. The van der Waals surface area contributed by atoms with Crippen molar-refractivity contribution in [2.75, 3.05) is 38.3 Å². The number of fused-ring (bicyclic) bond motifs is 2. The van der Waals surface area contributed by atoms with E-state index in [1.54, 1.807) is 6.07 Å². The van der Waals surface area contributed by atoms with Crippen molar-refractivity contribution in [3.63, 3.8) is 0 Å². The second-order valence-electron chi connectivity index (χ2n) is 6.13. The van der Waals surface area contributed by atoms with Crippen LogP contribution in [0.3, 0.4) is 0 Å². The first-order chi connectivity index (χ1) is 14.0. The average Bonchev–Trinajstić information content (AvgIpc) is 2.73. The van der Waals surface area contributed by atoms with Gasteiger partial charge in [0.15, 0.2) is 5.78 Å². The van der Waals surface area contributed by atoms with Crippen LogP contribution in [-0.2, 0) is 4.79 Å². The minimum atomic E-state index is -0.493. The zero-order chi connectivity index (χ0) is 21.0. The standard InChI is InChI=1S/C20H20N2O7/c21-10-16(25)22-11-8-13-18(15(9-11)29-7-5-24)20(27)17-12(19(13)26)2-1-3-14(17)28-6-4-23/h1-3,8-9,23-24H,4-7,10,21H2,(H,22,25). The normalized spacial score (nSPS) is 12.2. The maximum atomic E-state index is 13.3. The van der Waals surface area contributed by atoms with Gasteiger partial charge in [-0.1, -0.05) is 12.1 Å². The zero-order valence-electron chi connectivity index (χ0n) is 15.4. The fourth-order valence-corrected chi connectivity index (χ4v) is 3.08. The molecule has 0 saturated heterocycles. The number of amides is 1. The van der Waals surface area contributed by atoms with Crippen LogP contribution in [0.5, 0.6) is 11.5 Å². The summed E-state index contributed by atoms with van der Waals surface area (Å²) in [5, 5.41) is 20.6. The Kier molecular flexibility index (Phi) is 6.23. The molecular weight excluding hydrogens is 380 g/mol. The predicted octanol–water partition coefficient (Wildman–Crippen LogP) is 0.101. The summed E-state index contributed by atoms with van der Waals surface area (Å²) in [6.07, 6.45) is 0. The lowest BCUT2D eigenvalue weighted by Crippen LogP contribution is -2.25. The van der Waals surface area contributed by atoms with Gasteiger partial charge in [0.25, 0.3) is 0 Å². The van der Waals surface area contributed by atoms with E-state index in [0.717, 1.165) is 0 Å². The summed E-state index contributed by atoms with van der Waals surface area (Å²) in [5.41, 5.74) is 5.85. The molecule has 0 aromatic heterocycles. The second kappa shape index (κ2) is 8.82. The lowest BCUT2D eigenvalue weighted by Gasteiger charge is -2.23. The van der Waals surface area contributed by atoms with Crippen LogP contribution in [-0.4, -0.2) is 60.7 Å². The maximum absolute atomic E-state index is 13.3. The van der Waals surface area contributed by atoms with Gasteiger partial charge in [0.05, 0.1) is 30.9 Å². The summed E-state index contributed by atoms with van der Waals surface area (Å²) < 4.78 is 10.9. The third-order valence-corrected chi connectivity index (χ3v) is 4.24. The Balaban J connectivity index is 2.15. The summed E-state index contributed by atoms with van der Waals surface area (Å²) in [6, 6.07) is 7.40. The van der Waals surface area contributed by atoms with E-state index in [4.69, 9.17) is 25.4 Å². The Hall–Kier alpha value is -3.27. The number of aliphatic hydroxyl groups is 2. The highest BCUT2D eigenvalue weighted by atomic mass is 16.5. The third-order valence-electron chi connectivity index (χ3n) is 4.24. The summed E-state index contributed by atoms with van der Waals surface area (Å²) in [5.74, 6) is -1.19. The molecule has 3 rings (SSSR count). The van der Waals surface area contributed by atoms with E-state index in [1.165, 1.54) is 24.3 Å². The number of ether oxygens (including phenoxy) is 2. The number of aliphatic hydroxyl groups excluding tert-OH is 2. The van der Waals surface area contributed by atoms with Gasteiger partial charge in [0.2, 0.25) is 11.7 Å². The molecule has 29 heavy (non-hydrogen) atoms. The van der Waals surface area contributed by atoms with Crippen molar-refractivity contribution < 1.29 is 34.1 Å². The zero-order valence-corrected chi connectivity index (χ0v) is 15.4. The van der Waals surface area contributed by atoms with Gasteiger partial charge in [-0.3, -0.25) is 14.4 Å². The number of ketones is 2. The highest BCUT2D eigenvalue weighted by Gasteiger charge is 2.35. The SMILES string of the molecule is NCC(=O)Nc1cc(OCCO)c2c(c1)C(=O)c1cccc(OCCO)c1C2=O. The van der Waals surface area contributed by atoms with Gasteiger partial charge in [-0.2, -0.15) is 0 Å². The first-order valence-electron chi connectivity index (χ1n) is 8.89. The Bertz CT molecular complexity index is 972. The van der Waals surface area contributed by atoms with Crippen molar-refractivity contribution in [2.24, 2.45) is 5.73 Å². The lowest BCUT2D eigenvalue weighted by atomic mass is 9.82. The van der Waals surface area contributed by atoms with E-state index in [9.17, 15) is 14.4 Å². The number of carbonyl (C=O) groups excluding carboxylic acids is 3. The van der Waals surface area contributed by atoms with Crippen LogP contribution in [0.4, 0.5) is 5.69 Å². The lowest BCUT2D eigenvalue weighted by molar-refractivity contribution is -0.114. The van der Waals surface area contributed by atoms with Crippen molar-refractivity contribution in [2.45, 2.75) is 0 Å². The van der Waals surface area contributed by atoms with Crippen LogP contribution in [0, 0.1) is 0 Å². The first kappa shape index (κ1) is 20.5. The number of anilines is 1. The second-order valence-corrected chi connectivity index (χ2v) is 6.13. The van der Waals surface area contributed by atoms with Gasteiger partial charge < -0.3 is 30.7 Å². The van der Waals surface area contributed by atoms with Gasteiger partial charge in [-0.25, -0.2) is 0 Å². The Morgan fingerprint density at radius 2 is 1.59 bits per heavy atom. The quantitative estimate of drug-likeness (QED) is 0.416. The number of benzene rings is 2. The molecule has 0 saturated carbocycles. The summed E-state index contributed by atoms with van der Waals surface area (Å²) in [7, 11) is 0. The molecular formula is C20H20N2O7. The molecule has 0 aliphatic heterocycles. The molecule has 0 bridgehead atoms. The van der Waals surface area contributed by atoms with Crippen LogP contribution in [0.25, 0.3) is 0 Å². The number of rotatable bonds is 8. The van der Waals surface area contributed by atoms with E-state index in [1.807, 2.05) is 0 Å². The first-order valence-corrected chi connectivity index (χ1v) is 8.89. The van der Waals surface area contributed by atoms with Crippen molar-refractivity contribution in [1.82, 2.24) is 0 Å². The van der Waals surface area contributed by atoms with Crippen LogP contribution in [0.1, 0.15) is 31.8 Å². The Labute approximate surface area is 166 Å². The molecule has 9 heteroatoms. The minimum Gasteiger partial charge on any atom is -0.490 e. The van der Waals surface area contributed by atoms with E-state index in [0.29, 0.717) is 0 Å². The van der Waals surface area contributed by atoms with E-state index in [-0.39, 0.29) is 72.4 Å². The summed E-state index contributed by atoms with van der Waals surface area (Å²) >= 11 is 0. The maximum Gasteiger partial charge on any atom is 0.238 e. The van der Waals surface area contributed by atoms with Crippen molar-refractivity contribution in [1.29, 1.82) is 0 Å². The van der Waals surface area contributed by atoms with Gasteiger partial charge in [0, 0.05) is 22.9 Å². The monoisotopic (exact) mass is 400 g/mol. The molecule has 0 fully saturated rings. The summed E-state index contributed by atoms with van der Waals surface area (Å²) in [6.45, 7) is -0.971. The van der Waals surface area contributed by atoms with E-state index >= 15 is 0 Å². The fraction of sp³-hybridized carbons (Fsp3) is 0.250. The van der Waals surface area contributed by atoms with Gasteiger partial charge >= 0.3 is 0 Å². The minimum absolute atomic E-state index is 0.0155. The molecule has 5 N–H and O–H groups in total. The van der Waals surface area contributed by atoms with Gasteiger partial charge in [-0.15, -0.1) is 0 Å². The number of nitrogens with two attached hydrogens (primary N) is 1. The topological polar surface area (TPSA) is 148 Å². The van der Waals surface area contributed by atoms with Crippen LogP contribution < -0.4 is 20.5 Å². The van der Waals surface area contributed by atoms with Crippen LogP contribution >= 0.6 is 0 Å². The molecule has 2 aromatic carbocycles. The molecule has 2 aromatic rings. The molecule has 152 valence electrons. The van der Waals surface area contributed by atoms with Crippen molar-refractivity contribution in [3.05, 3.63) is 52.6 Å². The van der Waals surface area contributed by atoms with Crippen LogP contribution in [0.2, 0.25) is 0 Å². The highest BCUT2D eigenvalue weighted by molar-refractivity contribution is 6.30. The smallest absolute Gasteiger partial charge is 0.238 e. The largest absolute Gasteiger partial charge is 0.490 e. The Morgan fingerprint density at radius 3 is 2.24 bits per heavy atom. The highest BCUT2D eigenvalue weighted by Crippen LogP contribution is 2.39. The van der Waals surface area contributed by atoms with E-state index < -0.39 is 17.5 Å². The van der Waals surface area contributed by atoms with Crippen LogP contribution in [0.15, 0.2) is 30.3 Å². The number of hydrogen-bond donors (Lipinski definition) is 4. The molecule has 0 heterocycles. The molecule has 1 amide bonds. The van der Waals surface area contributed by atoms with E-state index in [2.05, 4.69) is 5.32 Å². The average molecular weight is 400 g/mol. The van der Waals surface area contributed by atoms with Gasteiger partial charge in [0.1, 0.15) is 24.7 Å². The number of nitrogens with one attached hydrogen (secondary N) is 1. The molecule has 1 aliphatic carbocycles. The fourth-order valence-electron chi connectivity index (χ4n) is 3.08. The molecule has 0 radical (unpaired) electrons. The molecule has 0 spiro atoms. The Morgan fingerprint density at radius 1 is 0.931 bits per heavy atom. The van der Waals surface area contributed by atoms with Crippen molar-refractivity contribution >= 4 is 23.2 Å². The molecule has 1 aliphatic rings. The summed E-state index contributed by atoms with van der Waals surface area (Å²) in [4.78, 5) is 38.0. The molecule has 9 nitrogen and oxygen atoms in total.